The topological polar surface area (TPSA) is 48.3 Å². The molecule has 0 aliphatic rings. The number of para-hydroxylation sites is 1. The molecule has 0 saturated heterocycles. The zero-order valence-corrected chi connectivity index (χ0v) is 14.2. The molecule has 0 aliphatic carbocycles. The smallest absolute Gasteiger partial charge is 0.331 e. The number of aryl methyl sites for hydroxylation is 2. The Balaban J connectivity index is 1.89. The van der Waals surface area contributed by atoms with Crippen molar-refractivity contribution in [1.29, 1.82) is 0 Å². The van der Waals surface area contributed by atoms with Gasteiger partial charge in [0, 0.05) is 0 Å². The summed E-state index contributed by atoms with van der Waals surface area (Å²) in [6, 6.07) is 10.8. The standard InChI is InChI=1S/C17H14ClNO3S/c1-10-6-11(2)8-12(7-10)22-15(20)9-19-16-13(18)4-3-5-14(16)23-17(19)21/h3-8H,9H2,1-2H3. The molecule has 0 N–H and O–H groups in total. The molecule has 2 aromatic carbocycles. The van der Waals surface area contributed by atoms with E-state index in [2.05, 4.69) is 0 Å². The van der Waals surface area contributed by atoms with Crippen LogP contribution in [0.15, 0.2) is 41.2 Å². The van der Waals surface area contributed by atoms with Crippen LogP contribution in [0.5, 0.6) is 5.75 Å². The lowest BCUT2D eigenvalue weighted by Crippen LogP contribution is -2.22. The van der Waals surface area contributed by atoms with Crippen LogP contribution in [-0.2, 0) is 11.3 Å². The lowest BCUT2D eigenvalue weighted by Gasteiger charge is -2.08. The van der Waals surface area contributed by atoms with Crippen LogP contribution < -0.4 is 9.61 Å². The number of nitrogens with zero attached hydrogens (tertiary/aromatic N) is 1. The van der Waals surface area contributed by atoms with Gasteiger partial charge in [-0.25, -0.2) is 4.79 Å². The monoisotopic (exact) mass is 347 g/mol. The number of carbonyl (C=O) groups is 1. The van der Waals surface area contributed by atoms with Crippen molar-refractivity contribution >= 4 is 39.1 Å². The number of esters is 1. The van der Waals surface area contributed by atoms with Crippen LogP contribution in [0.4, 0.5) is 0 Å². The summed E-state index contributed by atoms with van der Waals surface area (Å²) >= 11 is 7.22. The molecule has 4 nitrogen and oxygen atoms in total. The van der Waals surface area contributed by atoms with E-state index in [1.54, 1.807) is 30.3 Å². The molecular weight excluding hydrogens is 334 g/mol. The molecular formula is C17H14ClNO3S. The number of benzene rings is 2. The first-order valence-corrected chi connectivity index (χ1v) is 8.20. The predicted octanol–water partition coefficient (Wildman–Crippen LogP) is 3.94. The fourth-order valence-corrected chi connectivity index (χ4v) is 3.76. The average molecular weight is 348 g/mol. The Morgan fingerprint density at radius 2 is 1.91 bits per heavy atom. The molecule has 0 unspecified atom stereocenters. The number of fused-ring (bicyclic) bond motifs is 1. The molecule has 6 heteroatoms. The van der Waals surface area contributed by atoms with Crippen molar-refractivity contribution < 1.29 is 9.53 Å². The fourth-order valence-electron chi connectivity index (χ4n) is 2.51. The van der Waals surface area contributed by atoms with Gasteiger partial charge >= 0.3 is 10.8 Å². The maximum Gasteiger partial charge on any atom is 0.331 e. The summed E-state index contributed by atoms with van der Waals surface area (Å²) in [7, 11) is 0. The van der Waals surface area contributed by atoms with Crippen molar-refractivity contribution in [3.05, 3.63) is 62.2 Å². The first-order chi connectivity index (χ1) is 10.9. The largest absolute Gasteiger partial charge is 0.425 e. The number of hydrogen-bond acceptors (Lipinski definition) is 4. The highest BCUT2D eigenvalue weighted by atomic mass is 35.5. The number of ether oxygens (including phenoxy) is 1. The Kier molecular flexibility index (Phi) is 4.24. The van der Waals surface area contributed by atoms with Gasteiger partial charge in [-0.15, -0.1) is 0 Å². The number of aromatic nitrogens is 1. The van der Waals surface area contributed by atoms with Gasteiger partial charge in [-0.3, -0.25) is 9.36 Å². The third-order valence-corrected chi connectivity index (χ3v) is 4.60. The first kappa shape index (κ1) is 15.8. The molecule has 0 atom stereocenters. The molecule has 0 aliphatic heterocycles. The van der Waals surface area contributed by atoms with Crippen LogP contribution in [0.1, 0.15) is 11.1 Å². The van der Waals surface area contributed by atoms with E-state index in [0.717, 1.165) is 27.2 Å². The summed E-state index contributed by atoms with van der Waals surface area (Å²) < 4.78 is 7.46. The first-order valence-electron chi connectivity index (χ1n) is 7.01. The lowest BCUT2D eigenvalue weighted by molar-refractivity contribution is -0.135. The van der Waals surface area contributed by atoms with E-state index in [9.17, 15) is 9.59 Å². The summed E-state index contributed by atoms with van der Waals surface area (Å²) in [5, 5.41) is 0.444. The molecule has 3 rings (SSSR count). The van der Waals surface area contributed by atoms with Crippen molar-refractivity contribution in [2.45, 2.75) is 20.4 Å². The van der Waals surface area contributed by atoms with E-state index in [1.165, 1.54) is 4.57 Å². The Bertz CT molecular complexity index is 938. The van der Waals surface area contributed by atoms with Crippen molar-refractivity contribution in [3.63, 3.8) is 0 Å². The van der Waals surface area contributed by atoms with Crippen molar-refractivity contribution in [2.75, 3.05) is 0 Å². The Hall–Kier alpha value is -2.11. The van der Waals surface area contributed by atoms with Gasteiger partial charge in [0.15, 0.2) is 0 Å². The Morgan fingerprint density at radius 3 is 2.61 bits per heavy atom. The van der Waals surface area contributed by atoms with E-state index < -0.39 is 5.97 Å². The van der Waals surface area contributed by atoms with Gasteiger partial charge < -0.3 is 4.74 Å². The average Bonchev–Trinajstić information content (AvgIpc) is 2.75. The van der Waals surface area contributed by atoms with Crippen molar-refractivity contribution in [3.8, 4) is 5.75 Å². The Morgan fingerprint density at radius 1 is 1.22 bits per heavy atom. The number of thiazole rings is 1. The van der Waals surface area contributed by atoms with E-state index >= 15 is 0 Å². The summed E-state index contributed by atoms with van der Waals surface area (Å²) in [6.07, 6.45) is 0. The molecule has 0 radical (unpaired) electrons. The predicted molar refractivity (Wildman–Crippen MR) is 92.6 cm³/mol. The molecule has 0 fully saturated rings. The number of rotatable bonds is 3. The van der Waals surface area contributed by atoms with Crippen LogP contribution in [0.25, 0.3) is 10.2 Å². The van der Waals surface area contributed by atoms with Crippen LogP contribution in [0, 0.1) is 13.8 Å². The van der Waals surface area contributed by atoms with Gasteiger partial charge in [0.1, 0.15) is 12.3 Å². The van der Waals surface area contributed by atoms with Crippen LogP contribution in [0.2, 0.25) is 5.02 Å². The lowest BCUT2D eigenvalue weighted by atomic mass is 10.1. The molecule has 0 bridgehead atoms. The number of hydrogen-bond donors (Lipinski definition) is 0. The minimum Gasteiger partial charge on any atom is -0.425 e. The summed E-state index contributed by atoms with van der Waals surface area (Å²) in [5.41, 5.74) is 2.59. The summed E-state index contributed by atoms with van der Waals surface area (Å²) in [6.45, 7) is 3.69. The molecule has 3 aromatic rings. The third-order valence-electron chi connectivity index (χ3n) is 3.35. The highest BCUT2D eigenvalue weighted by Gasteiger charge is 2.15. The van der Waals surface area contributed by atoms with E-state index in [1.807, 2.05) is 19.9 Å². The SMILES string of the molecule is Cc1cc(C)cc(OC(=O)Cn2c(=O)sc3cccc(Cl)c32)c1. The zero-order valence-electron chi connectivity index (χ0n) is 12.6. The minimum atomic E-state index is -0.503. The molecule has 1 aromatic heterocycles. The second-order valence-corrected chi connectivity index (χ2v) is 6.74. The third kappa shape index (κ3) is 3.30. The molecule has 118 valence electrons. The normalized spacial score (nSPS) is 10.9. The Labute approximate surface area is 141 Å². The second-order valence-electron chi connectivity index (χ2n) is 5.34. The van der Waals surface area contributed by atoms with Gasteiger partial charge in [0.05, 0.1) is 15.2 Å². The van der Waals surface area contributed by atoms with Crippen molar-refractivity contribution in [1.82, 2.24) is 4.57 Å². The quantitative estimate of drug-likeness (QED) is 0.532. The van der Waals surface area contributed by atoms with Gasteiger partial charge in [-0.1, -0.05) is 35.1 Å². The fraction of sp³-hybridized carbons (Fsp3) is 0.176. The number of carbonyl (C=O) groups excluding carboxylic acids is 1. The summed E-state index contributed by atoms with van der Waals surface area (Å²) in [5.74, 6) is -0.0251. The van der Waals surface area contributed by atoms with Crippen LogP contribution >= 0.6 is 22.9 Å². The van der Waals surface area contributed by atoms with Gasteiger partial charge in [-0.2, -0.15) is 0 Å². The van der Waals surface area contributed by atoms with Gasteiger partial charge in [-0.05, 0) is 49.2 Å². The molecule has 0 saturated carbocycles. The van der Waals surface area contributed by atoms with Crippen LogP contribution in [-0.4, -0.2) is 10.5 Å². The molecule has 0 spiro atoms. The highest BCUT2D eigenvalue weighted by molar-refractivity contribution is 7.16. The molecule has 23 heavy (non-hydrogen) atoms. The van der Waals surface area contributed by atoms with Gasteiger partial charge in [0.25, 0.3) is 0 Å². The van der Waals surface area contributed by atoms with E-state index in [4.69, 9.17) is 16.3 Å². The zero-order chi connectivity index (χ0) is 16.6. The molecule has 0 amide bonds. The van der Waals surface area contributed by atoms with Gasteiger partial charge in [0.2, 0.25) is 0 Å². The van der Waals surface area contributed by atoms with Crippen molar-refractivity contribution in [2.24, 2.45) is 0 Å². The minimum absolute atomic E-state index is 0.171. The maximum atomic E-state index is 12.2. The van der Waals surface area contributed by atoms with E-state index in [0.29, 0.717) is 16.3 Å². The van der Waals surface area contributed by atoms with Crippen LogP contribution in [0.3, 0.4) is 0 Å². The highest BCUT2D eigenvalue weighted by Crippen LogP contribution is 2.25. The maximum absolute atomic E-state index is 12.2. The summed E-state index contributed by atoms with van der Waals surface area (Å²) in [4.78, 5) is 24.1. The van der Waals surface area contributed by atoms with E-state index in [-0.39, 0.29) is 11.4 Å². The molecule has 1 heterocycles. The number of halogens is 1. The second kappa shape index (κ2) is 6.18.